The van der Waals surface area contributed by atoms with E-state index in [1.165, 1.54) is 0 Å². The molecule has 6 heteroatoms. The first-order chi connectivity index (χ1) is 15.3. The molecule has 0 spiro atoms. The zero-order valence-electron chi connectivity index (χ0n) is 18.7. The van der Waals surface area contributed by atoms with E-state index >= 15 is 0 Å². The molecule has 1 fully saturated rings. The van der Waals surface area contributed by atoms with Crippen LogP contribution in [0, 0.1) is 5.92 Å². The van der Waals surface area contributed by atoms with Gasteiger partial charge in [-0.25, -0.2) is 0 Å². The summed E-state index contributed by atoms with van der Waals surface area (Å²) < 4.78 is 5.29. The van der Waals surface area contributed by atoms with Crippen molar-refractivity contribution in [3.63, 3.8) is 0 Å². The number of benzene rings is 2. The largest absolute Gasteiger partial charge is 0.457 e. The molecule has 2 aromatic carbocycles. The Morgan fingerprint density at radius 1 is 1.09 bits per heavy atom. The summed E-state index contributed by atoms with van der Waals surface area (Å²) in [7, 11) is 1.93. The van der Waals surface area contributed by atoms with Gasteiger partial charge in [0, 0.05) is 49.4 Å². The highest BCUT2D eigenvalue weighted by molar-refractivity contribution is 5.95. The number of fused-ring (bicyclic) bond motifs is 1. The van der Waals surface area contributed by atoms with Crippen LogP contribution in [0.4, 0.5) is 5.69 Å². The smallest absolute Gasteiger partial charge is 0.311 e. The van der Waals surface area contributed by atoms with E-state index in [4.69, 9.17) is 4.74 Å². The van der Waals surface area contributed by atoms with Crippen molar-refractivity contribution >= 4 is 23.3 Å². The Bertz CT molecular complexity index is 1070. The molecule has 0 aromatic heterocycles. The Hall–Kier alpha value is -3.41. The Morgan fingerprint density at radius 2 is 1.78 bits per heavy atom. The minimum atomic E-state index is -0.540. The maximum absolute atomic E-state index is 12.6. The van der Waals surface area contributed by atoms with Crippen molar-refractivity contribution in [2.24, 2.45) is 5.92 Å². The van der Waals surface area contributed by atoms with E-state index in [1.54, 1.807) is 11.0 Å². The van der Waals surface area contributed by atoms with Gasteiger partial charge in [0.05, 0.1) is 5.92 Å². The number of para-hydroxylation sites is 1. The molecule has 0 unspecified atom stereocenters. The van der Waals surface area contributed by atoms with Crippen LogP contribution in [0.2, 0.25) is 0 Å². The zero-order chi connectivity index (χ0) is 22.9. The Balaban J connectivity index is 1.35. The molecule has 2 aliphatic heterocycles. The summed E-state index contributed by atoms with van der Waals surface area (Å²) in [5.74, 6) is -1.38. The van der Waals surface area contributed by atoms with Gasteiger partial charge in [-0.05, 0) is 17.2 Å². The third-order valence-electron chi connectivity index (χ3n) is 6.36. The maximum Gasteiger partial charge on any atom is 0.311 e. The van der Waals surface area contributed by atoms with Crippen molar-refractivity contribution in [1.82, 2.24) is 4.90 Å². The quantitative estimate of drug-likeness (QED) is 0.517. The lowest BCUT2D eigenvalue weighted by molar-refractivity contribution is -0.151. The number of carbonyl (C=O) groups excluding carboxylic acids is 3. The lowest BCUT2D eigenvalue weighted by Gasteiger charge is -2.24. The molecule has 166 valence electrons. The first-order valence-corrected chi connectivity index (χ1v) is 10.8. The second-order valence-electron chi connectivity index (χ2n) is 8.97. The fraction of sp³-hybridized carbons (Fsp3) is 0.346. The number of ketones is 1. The number of rotatable bonds is 6. The summed E-state index contributed by atoms with van der Waals surface area (Å²) in [6.07, 6.45) is 1.68. The van der Waals surface area contributed by atoms with E-state index < -0.39 is 11.9 Å². The van der Waals surface area contributed by atoms with Crippen LogP contribution in [0.1, 0.15) is 31.4 Å². The van der Waals surface area contributed by atoms with Crippen molar-refractivity contribution in [2.45, 2.75) is 32.2 Å². The number of ether oxygens (including phenoxy) is 1. The summed E-state index contributed by atoms with van der Waals surface area (Å²) in [6, 6.07) is 17.7. The number of esters is 1. The van der Waals surface area contributed by atoms with Crippen LogP contribution in [0.15, 0.2) is 66.4 Å². The van der Waals surface area contributed by atoms with Gasteiger partial charge < -0.3 is 14.5 Å². The average Bonchev–Trinajstić information content (AvgIpc) is 3.24. The molecule has 0 saturated carbocycles. The van der Waals surface area contributed by atoms with Gasteiger partial charge in [-0.2, -0.15) is 0 Å². The van der Waals surface area contributed by atoms with Crippen LogP contribution in [0.25, 0.3) is 0 Å². The summed E-state index contributed by atoms with van der Waals surface area (Å²) in [5, 5.41) is 0. The van der Waals surface area contributed by atoms with Crippen molar-refractivity contribution in [2.75, 3.05) is 25.1 Å². The van der Waals surface area contributed by atoms with Crippen molar-refractivity contribution in [3.8, 4) is 0 Å². The summed E-state index contributed by atoms with van der Waals surface area (Å²) >= 11 is 0. The number of hydrogen-bond acceptors (Lipinski definition) is 5. The van der Waals surface area contributed by atoms with E-state index in [1.807, 2.05) is 60.5 Å². The highest BCUT2D eigenvalue weighted by Crippen LogP contribution is 2.46. The monoisotopic (exact) mass is 432 g/mol. The minimum Gasteiger partial charge on any atom is -0.457 e. The fourth-order valence-corrected chi connectivity index (χ4v) is 4.60. The van der Waals surface area contributed by atoms with Crippen LogP contribution in [-0.4, -0.2) is 42.8 Å². The van der Waals surface area contributed by atoms with E-state index in [2.05, 4.69) is 19.9 Å². The lowest BCUT2D eigenvalue weighted by atomic mass is 9.83. The summed E-state index contributed by atoms with van der Waals surface area (Å²) in [5.41, 5.74) is 3.78. The molecule has 1 saturated heterocycles. The molecule has 0 aliphatic carbocycles. The van der Waals surface area contributed by atoms with Crippen LogP contribution in [-0.2, 0) is 31.1 Å². The van der Waals surface area contributed by atoms with Gasteiger partial charge >= 0.3 is 5.97 Å². The Labute approximate surface area is 188 Å². The number of carbonyl (C=O) groups is 3. The predicted octanol–water partition coefficient (Wildman–Crippen LogP) is 3.46. The molecule has 4 rings (SSSR count). The zero-order valence-corrected chi connectivity index (χ0v) is 18.7. The molecule has 2 aromatic rings. The van der Waals surface area contributed by atoms with Crippen molar-refractivity contribution in [1.29, 1.82) is 0 Å². The summed E-state index contributed by atoms with van der Waals surface area (Å²) in [6.45, 7) is 4.60. The van der Waals surface area contributed by atoms with E-state index in [0.717, 1.165) is 22.5 Å². The Kier molecular flexibility index (Phi) is 5.87. The molecule has 6 nitrogen and oxygen atoms in total. The number of hydrogen-bond donors (Lipinski definition) is 0. The number of likely N-dealkylation sites (tertiary alicyclic amines) is 1. The van der Waals surface area contributed by atoms with Gasteiger partial charge in [0.1, 0.15) is 0 Å². The first kappa shape index (κ1) is 21.8. The first-order valence-electron chi connectivity index (χ1n) is 10.8. The van der Waals surface area contributed by atoms with E-state index in [-0.39, 0.29) is 30.1 Å². The molecule has 2 aliphatic rings. The molecule has 0 bridgehead atoms. The SMILES string of the molecule is CN1/C(=C\C(=O)COC(=O)[C@H]2CC(=O)N(Cc3ccccc3)C2)C(C)(C)c2ccccc21. The van der Waals surface area contributed by atoms with E-state index in [0.29, 0.717) is 13.1 Å². The van der Waals surface area contributed by atoms with Crippen LogP contribution < -0.4 is 4.90 Å². The van der Waals surface area contributed by atoms with Gasteiger partial charge in [0.25, 0.3) is 0 Å². The normalized spacial score (nSPS) is 20.5. The van der Waals surface area contributed by atoms with Crippen LogP contribution in [0.5, 0.6) is 0 Å². The molecule has 0 radical (unpaired) electrons. The lowest BCUT2D eigenvalue weighted by Crippen LogP contribution is -2.27. The highest BCUT2D eigenvalue weighted by atomic mass is 16.5. The predicted molar refractivity (Wildman–Crippen MR) is 122 cm³/mol. The third-order valence-corrected chi connectivity index (χ3v) is 6.36. The van der Waals surface area contributed by atoms with Crippen LogP contribution >= 0.6 is 0 Å². The number of anilines is 1. The highest BCUT2D eigenvalue weighted by Gasteiger charge is 2.39. The molecule has 32 heavy (non-hydrogen) atoms. The van der Waals surface area contributed by atoms with Crippen LogP contribution in [0.3, 0.4) is 0 Å². The number of likely N-dealkylation sites (N-methyl/N-ethyl adjacent to an activating group) is 1. The molecule has 2 heterocycles. The van der Waals surface area contributed by atoms with E-state index in [9.17, 15) is 14.4 Å². The van der Waals surface area contributed by atoms with Gasteiger partial charge in [0.2, 0.25) is 5.91 Å². The fourth-order valence-electron chi connectivity index (χ4n) is 4.60. The molecular weight excluding hydrogens is 404 g/mol. The third kappa shape index (κ3) is 4.17. The average molecular weight is 433 g/mol. The number of allylic oxidation sites excluding steroid dienone is 1. The summed E-state index contributed by atoms with van der Waals surface area (Å²) in [4.78, 5) is 41.1. The minimum absolute atomic E-state index is 0.0728. The number of nitrogens with zero attached hydrogens (tertiary/aromatic N) is 2. The molecule has 1 atom stereocenters. The van der Waals surface area contributed by atoms with Crippen molar-refractivity contribution in [3.05, 3.63) is 77.5 Å². The second kappa shape index (κ2) is 8.61. The van der Waals surface area contributed by atoms with Gasteiger partial charge in [-0.15, -0.1) is 0 Å². The molecule has 0 N–H and O–H groups in total. The second-order valence-corrected chi connectivity index (χ2v) is 8.97. The van der Waals surface area contributed by atoms with Gasteiger partial charge in [0.15, 0.2) is 12.4 Å². The van der Waals surface area contributed by atoms with Crippen molar-refractivity contribution < 1.29 is 19.1 Å². The van der Waals surface area contributed by atoms with Gasteiger partial charge in [-0.3, -0.25) is 14.4 Å². The number of amides is 1. The Morgan fingerprint density at radius 3 is 2.50 bits per heavy atom. The van der Waals surface area contributed by atoms with Gasteiger partial charge in [-0.1, -0.05) is 62.4 Å². The standard InChI is InChI=1S/C26H28N2O4/c1-26(2)21-11-7-8-12-22(21)27(3)23(26)14-20(29)17-32-25(31)19-13-24(30)28(16-19)15-18-9-5-4-6-10-18/h4-12,14,19H,13,15-17H2,1-3H3/b23-14-/t19-/m0/s1. The molecule has 1 amide bonds. The maximum atomic E-state index is 12.6. The molecular formula is C26H28N2O4. The topological polar surface area (TPSA) is 66.9 Å².